The van der Waals surface area contributed by atoms with Crippen molar-refractivity contribution >= 4 is 0 Å². The van der Waals surface area contributed by atoms with Gasteiger partial charge in [0.05, 0.1) is 17.9 Å². The molecule has 0 spiro atoms. The largest absolute Gasteiger partial charge is 0.322 e. The molecule has 0 saturated carbocycles. The summed E-state index contributed by atoms with van der Waals surface area (Å²) in [5.41, 5.74) is 6.80. The highest BCUT2D eigenvalue weighted by atomic mass is 19.1. The summed E-state index contributed by atoms with van der Waals surface area (Å²) in [5.74, 6) is -1.11. The minimum Gasteiger partial charge on any atom is -0.322 e. The molecule has 0 aliphatic carbocycles. The molecule has 0 aliphatic rings. The van der Waals surface area contributed by atoms with E-state index in [4.69, 9.17) is 5.73 Å². The van der Waals surface area contributed by atoms with Crippen LogP contribution in [-0.2, 0) is 0 Å². The van der Waals surface area contributed by atoms with Gasteiger partial charge < -0.3 is 5.73 Å². The molecular formula is C12H14F2N4. The average Bonchev–Trinajstić information content (AvgIpc) is 2.75. The van der Waals surface area contributed by atoms with Gasteiger partial charge >= 0.3 is 0 Å². The van der Waals surface area contributed by atoms with Gasteiger partial charge in [0.1, 0.15) is 17.3 Å². The molecule has 2 N–H and O–H groups in total. The number of hydrogen-bond donors (Lipinski definition) is 1. The molecule has 0 aliphatic heterocycles. The van der Waals surface area contributed by atoms with Crippen molar-refractivity contribution < 1.29 is 8.78 Å². The van der Waals surface area contributed by atoms with Crippen molar-refractivity contribution in [2.24, 2.45) is 11.7 Å². The highest BCUT2D eigenvalue weighted by Gasteiger charge is 2.15. The highest BCUT2D eigenvalue weighted by Crippen LogP contribution is 2.18. The van der Waals surface area contributed by atoms with Crippen LogP contribution in [0.2, 0.25) is 0 Å². The van der Waals surface area contributed by atoms with Crippen LogP contribution in [0.1, 0.15) is 25.6 Å². The molecule has 1 heterocycles. The maximum atomic E-state index is 13.1. The average molecular weight is 252 g/mol. The molecular weight excluding hydrogens is 238 g/mol. The van der Waals surface area contributed by atoms with Crippen LogP contribution in [0.5, 0.6) is 0 Å². The lowest BCUT2D eigenvalue weighted by molar-refractivity contribution is 0.502. The first-order valence-electron chi connectivity index (χ1n) is 5.61. The third kappa shape index (κ3) is 2.53. The van der Waals surface area contributed by atoms with Crippen molar-refractivity contribution in [3.8, 4) is 5.69 Å². The lowest BCUT2D eigenvalue weighted by Crippen LogP contribution is -2.17. The monoisotopic (exact) mass is 252 g/mol. The maximum Gasteiger partial charge on any atom is 0.128 e. The molecule has 1 aromatic heterocycles. The van der Waals surface area contributed by atoms with Crippen LogP contribution in [0.3, 0.4) is 0 Å². The van der Waals surface area contributed by atoms with E-state index in [0.717, 1.165) is 6.07 Å². The first kappa shape index (κ1) is 12.6. The third-order valence-electron chi connectivity index (χ3n) is 2.68. The van der Waals surface area contributed by atoms with Crippen molar-refractivity contribution in [3.63, 3.8) is 0 Å². The Hall–Kier alpha value is -1.82. The quantitative estimate of drug-likeness (QED) is 0.911. The summed E-state index contributed by atoms with van der Waals surface area (Å²) >= 11 is 0. The standard InChI is InChI=1S/C12H14F2N4/c1-7(2)12(15)11-6-18(17-16-11)10-4-8(13)3-9(14)5-10/h3-7,12H,15H2,1-2H3. The van der Waals surface area contributed by atoms with Gasteiger partial charge in [0.2, 0.25) is 0 Å². The van der Waals surface area contributed by atoms with Crippen LogP contribution in [-0.4, -0.2) is 15.0 Å². The van der Waals surface area contributed by atoms with Crippen LogP contribution in [0.4, 0.5) is 8.78 Å². The van der Waals surface area contributed by atoms with Gasteiger partial charge in [0, 0.05) is 6.07 Å². The zero-order valence-corrected chi connectivity index (χ0v) is 10.1. The van der Waals surface area contributed by atoms with E-state index in [9.17, 15) is 8.78 Å². The fourth-order valence-corrected chi connectivity index (χ4v) is 1.57. The molecule has 1 atom stereocenters. The summed E-state index contributed by atoms with van der Waals surface area (Å²) in [6.07, 6.45) is 1.58. The van der Waals surface area contributed by atoms with Gasteiger partial charge in [-0.2, -0.15) is 0 Å². The van der Waals surface area contributed by atoms with E-state index in [-0.39, 0.29) is 17.6 Å². The molecule has 0 radical (unpaired) electrons. The van der Waals surface area contributed by atoms with Crippen LogP contribution >= 0.6 is 0 Å². The Morgan fingerprint density at radius 1 is 1.17 bits per heavy atom. The normalized spacial score (nSPS) is 13.0. The second kappa shape index (κ2) is 4.81. The summed E-state index contributed by atoms with van der Waals surface area (Å²) in [7, 11) is 0. The maximum absolute atomic E-state index is 13.1. The van der Waals surface area contributed by atoms with Crippen molar-refractivity contribution in [3.05, 3.63) is 41.7 Å². The summed E-state index contributed by atoms with van der Waals surface area (Å²) < 4.78 is 27.5. The van der Waals surface area contributed by atoms with Crippen molar-refractivity contribution in [1.82, 2.24) is 15.0 Å². The van der Waals surface area contributed by atoms with Gasteiger partial charge in [-0.1, -0.05) is 19.1 Å². The third-order valence-corrected chi connectivity index (χ3v) is 2.68. The van der Waals surface area contributed by atoms with Gasteiger partial charge in [-0.05, 0) is 18.1 Å². The van der Waals surface area contributed by atoms with Gasteiger partial charge in [-0.15, -0.1) is 5.10 Å². The number of nitrogens with two attached hydrogens (primary N) is 1. The first-order valence-corrected chi connectivity index (χ1v) is 5.61. The number of aromatic nitrogens is 3. The smallest absolute Gasteiger partial charge is 0.128 e. The van der Waals surface area contributed by atoms with Crippen LogP contribution in [0.25, 0.3) is 5.69 Å². The van der Waals surface area contributed by atoms with E-state index >= 15 is 0 Å². The Balaban J connectivity index is 2.35. The van der Waals surface area contributed by atoms with Gasteiger partial charge in [-0.3, -0.25) is 0 Å². The molecule has 2 rings (SSSR count). The Labute approximate surface area is 103 Å². The highest BCUT2D eigenvalue weighted by molar-refractivity contribution is 5.32. The topological polar surface area (TPSA) is 56.7 Å². The van der Waals surface area contributed by atoms with Gasteiger partial charge in [-0.25, -0.2) is 13.5 Å². The Morgan fingerprint density at radius 2 is 1.78 bits per heavy atom. The van der Waals surface area contributed by atoms with E-state index in [1.165, 1.54) is 16.8 Å². The first-order chi connectivity index (χ1) is 8.47. The fourth-order valence-electron chi connectivity index (χ4n) is 1.57. The number of hydrogen-bond acceptors (Lipinski definition) is 3. The lowest BCUT2D eigenvalue weighted by atomic mass is 10.0. The Kier molecular flexibility index (Phi) is 3.38. The Bertz CT molecular complexity index is 531. The van der Waals surface area contributed by atoms with E-state index in [1.807, 2.05) is 13.8 Å². The second-order valence-electron chi connectivity index (χ2n) is 4.49. The van der Waals surface area contributed by atoms with Crippen molar-refractivity contribution in [2.45, 2.75) is 19.9 Å². The Morgan fingerprint density at radius 3 is 2.33 bits per heavy atom. The lowest BCUT2D eigenvalue weighted by Gasteiger charge is -2.11. The molecule has 0 saturated heterocycles. The van der Waals surface area contributed by atoms with Crippen molar-refractivity contribution in [1.29, 1.82) is 0 Å². The van der Waals surface area contributed by atoms with Crippen molar-refractivity contribution in [2.75, 3.05) is 0 Å². The van der Waals surface area contributed by atoms with E-state index in [0.29, 0.717) is 5.69 Å². The fraction of sp³-hybridized carbons (Fsp3) is 0.333. The van der Waals surface area contributed by atoms with E-state index in [2.05, 4.69) is 10.3 Å². The van der Waals surface area contributed by atoms with Crippen LogP contribution in [0, 0.1) is 17.6 Å². The molecule has 4 nitrogen and oxygen atoms in total. The molecule has 18 heavy (non-hydrogen) atoms. The molecule has 1 aromatic carbocycles. The molecule has 1 unspecified atom stereocenters. The predicted octanol–water partition coefficient (Wildman–Crippen LogP) is 2.20. The molecule has 0 amide bonds. The minimum absolute atomic E-state index is 0.208. The molecule has 0 fully saturated rings. The number of benzene rings is 1. The second-order valence-corrected chi connectivity index (χ2v) is 4.49. The summed E-state index contributed by atoms with van der Waals surface area (Å²) in [4.78, 5) is 0. The molecule has 0 bridgehead atoms. The van der Waals surface area contributed by atoms with Crippen LogP contribution in [0.15, 0.2) is 24.4 Å². The number of nitrogens with zero attached hydrogens (tertiary/aromatic N) is 3. The summed E-state index contributed by atoms with van der Waals surface area (Å²) in [6.45, 7) is 3.93. The van der Waals surface area contributed by atoms with Gasteiger partial charge in [0.25, 0.3) is 0 Å². The molecule has 2 aromatic rings. The SMILES string of the molecule is CC(C)C(N)c1cn(-c2cc(F)cc(F)c2)nn1. The van der Waals surface area contributed by atoms with Crippen LogP contribution < -0.4 is 5.73 Å². The van der Waals surface area contributed by atoms with Gasteiger partial charge in [0.15, 0.2) is 0 Å². The zero-order valence-electron chi connectivity index (χ0n) is 10.1. The summed E-state index contributed by atoms with van der Waals surface area (Å²) in [6, 6.07) is 2.92. The number of halogens is 2. The predicted molar refractivity (Wildman–Crippen MR) is 63.0 cm³/mol. The van der Waals surface area contributed by atoms with E-state index in [1.54, 1.807) is 6.20 Å². The minimum atomic E-state index is -0.657. The zero-order chi connectivity index (χ0) is 13.3. The molecule has 96 valence electrons. The van der Waals surface area contributed by atoms with E-state index < -0.39 is 11.6 Å². The summed E-state index contributed by atoms with van der Waals surface area (Å²) in [5, 5.41) is 7.74. The molecule has 6 heteroatoms. The number of rotatable bonds is 3.